The lowest BCUT2D eigenvalue weighted by molar-refractivity contribution is 0.242. The van der Waals surface area contributed by atoms with Gasteiger partial charge in [0.15, 0.2) is 0 Å². The summed E-state index contributed by atoms with van der Waals surface area (Å²) in [6.45, 7) is 0. The van der Waals surface area contributed by atoms with Crippen molar-refractivity contribution >= 4 is 35.3 Å². The molecule has 0 fully saturated rings. The van der Waals surface area contributed by atoms with Crippen LogP contribution in [0.1, 0.15) is 5.56 Å². The summed E-state index contributed by atoms with van der Waals surface area (Å²) in [5, 5.41) is 6.14. The Morgan fingerprint density at radius 3 is 1.96 bits per heavy atom. The third-order valence-corrected chi connectivity index (χ3v) is 6.62. The van der Waals surface area contributed by atoms with Crippen molar-refractivity contribution in [3.05, 3.63) is 101 Å². The summed E-state index contributed by atoms with van der Waals surface area (Å²) < 4.78 is 0. The first-order chi connectivity index (χ1) is 13.8. The SMILES string of the molecule is O=C1NC(c2ccccc2)=C(Sc2ccccc2)C(CSc2ccccc2)N1. The Balaban J connectivity index is 1.68. The molecule has 0 saturated carbocycles. The van der Waals surface area contributed by atoms with Crippen LogP contribution in [-0.4, -0.2) is 17.8 Å². The number of nitrogens with one attached hydrogen (secondary N) is 2. The van der Waals surface area contributed by atoms with Crippen LogP contribution in [0.3, 0.4) is 0 Å². The van der Waals surface area contributed by atoms with Crippen LogP contribution < -0.4 is 10.6 Å². The second kappa shape index (κ2) is 9.04. The fraction of sp³-hybridized carbons (Fsp3) is 0.0870. The van der Waals surface area contributed by atoms with E-state index in [0.717, 1.165) is 26.8 Å². The molecule has 1 atom stereocenters. The number of rotatable bonds is 6. The van der Waals surface area contributed by atoms with E-state index >= 15 is 0 Å². The molecule has 0 spiro atoms. The number of thioether (sulfide) groups is 2. The molecule has 28 heavy (non-hydrogen) atoms. The van der Waals surface area contributed by atoms with Crippen molar-refractivity contribution in [2.75, 3.05) is 5.75 Å². The molecule has 2 N–H and O–H groups in total. The molecule has 2 amide bonds. The summed E-state index contributed by atoms with van der Waals surface area (Å²) in [5.74, 6) is 0.767. The molecule has 3 nitrogen and oxygen atoms in total. The van der Waals surface area contributed by atoms with E-state index in [4.69, 9.17) is 0 Å². The monoisotopic (exact) mass is 404 g/mol. The number of hydrogen-bond acceptors (Lipinski definition) is 3. The number of amides is 2. The van der Waals surface area contributed by atoms with Crippen molar-refractivity contribution in [2.24, 2.45) is 0 Å². The lowest BCUT2D eigenvalue weighted by Crippen LogP contribution is -2.48. The first kappa shape index (κ1) is 18.7. The van der Waals surface area contributed by atoms with Gasteiger partial charge < -0.3 is 10.6 Å². The fourth-order valence-electron chi connectivity index (χ4n) is 2.98. The van der Waals surface area contributed by atoms with Gasteiger partial charge in [0.1, 0.15) is 0 Å². The standard InChI is InChI=1S/C23H20N2OS2/c26-23-24-20(16-27-18-12-6-2-7-13-18)22(28-19-14-8-3-9-15-19)21(25-23)17-10-4-1-5-11-17/h1-15,20H,16H2,(H2,24,25,26). The average Bonchev–Trinajstić information content (AvgIpc) is 2.75. The maximum atomic E-state index is 12.4. The molecule has 1 heterocycles. The second-order valence-electron chi connectivity index (χ2n) is 6.30. The predicted octanol–water partition coefficient (Wildman–Crippen LogP) is 5.62. The fourth-order valence-corrected chi connectivity index (χ4v) is 5.15. The molecule has 1 aliphatic rings. The summed E-state index contributed by atoms with van der Waals surface area (Å²) >= 11 is 3.45. The third kappa shape index (κ3) is 4.61. The van der Waals surface area contributed by atoms with Gasteiger partial charge in [0.05, 0.1) is 11.7 Å². The van der Waals surface area contributed by atoms with E-state index in [1.807, 2.05) is 66.7 Å². The molecule has 0 aliphatic carbocycles. The molecule has 3 aromatic rings. The highest BCUT2D eigenvalue weighted by molar-refractivity contribution is 8.03. The van der Waals surface area contributed by atoms with Crippen LogP contribution in [0.15, 0.2) is 106 Å². The van der Waals surface area contributed by atoms with E-state index in [1.165, 1.54) is 4.90 Å². The Hall–Kier alpha value is -2.63. The lowest BCUT2D eigenvalue weighted by atomic mass is 10.1. The molecule has 0 aromatic heterocycles. The van der Waals surface area contributed by atoms with Crippen molar-refractivity contribution in [3.63, 3.8) is 0 Å². The molecule has 4 rings (SSSR count). The number of benzene rings is 3. The highest BCUT2D eigenvalue weighted by Crippen LogP contribution is 2.37. The summed E-state index contributed by atoms with van der Waals surface area (Å²) in [4.78, 5) is 15.9. The molecule has 0 radical (unpaired) electrons. The minimum Gasteiger partial charge on any atom is -0.330 e. The summed E-state index contributed by atoms with van der Waals surface area (Å²) in [6.07, 6.45) is 0. The number of carbonyl (C=O) groups excluding carboxylic acids is 1. The van der Waals surface area contributed by atoms with E-state index in [0.29, 0.717) is 0 Å². The Kier molecular flexibility index (Phi) is 6.04. The van der Waals surface area contributed by atoms with Crippen molar-refractivity contribution in [1.82, 2.24) is 10.6 Å². The molecule has 140 valence electrons. The van der Waals surface area contributed by atoms with Crippen LogP contribution in [0.25, 0.3) is 5.70 Å². The molecule has 0 bridgehead atoms. The van der Waals surface area contributed by atoms with Gasteiger partial charge in [-0.15, -0.1) is 11.8 Å². The van der Waals surface area contributed by atoms with Gasteiger partial charge in [0.2, 0.25) is 0 Å². The van der Waals surface area contributed by atoms with E-state index in [-0.39, 0.29) is 12.1 Å². The number of hydrogen-bond donors (Lipinski definition) is 2. The van der Waals surface area contributed by atoms with Gasteiger partial charge >= 0.3 is 6.03 Å². The highest BCUT2D eigenvalue weighted by atomic mass is 32.2. The van der Waals surface area contributed by atoms with Crippen molar-refractivity contribution in [3.8, 4) is 0 Å². The Labute approximate surface area is 173 Å². The average molecular weight is 405 g/mol. The Bertz CT molecular complexity index is 960. The summed E-state index contributed by atoms with van der Waals surface area (Å²) in [5.41, 5.74) is 1.90. The van der Waals surface area contributed by atoms with Crippen LogP contribution in [0.4, 0.5) is 4.79 Å². The summed E-state index contributed by atoms with van der Waals surface area (Å²) in [6, 6.07) is 30.4. The minimum atomic E-state index is -0.157. The van der Waals surface area contributed by atoms with Crippen LogP contribution >= 0.6 is 23.5 Å². The minimum absolute atomic E-state index is 0.0700. The van der Waals surface area contributed by atoms with Crippen molar-refractivity contribution in [1.29, 1.82) is 0 Å². The van der Waals surface area contributed by atoms with Gasteiger partial charge in [-0.1, -0.05) is 78.5 Å². The van der Waals surface area contributed by atoms with Gasteiger partial charge in [-0.25, -0.2) is 4.79 Å². The zero-order chi connectivity index (χ0) is 19.2. The largest absolute Gasteiger partial charge is 0.330 e. The first-order valence-electron chi connectivity index (χ1n) is 9.07. The zero-order valence-corrected chi connectivity index (χ0v) is 16.8. The maximum absolute atomic E-state index is 12.4. The van der Waals surface area contributed by atoms with Crippen LogP contribution in [0, 0.1) is 0 Å². The van der Waals surface area contributed by atoms with Crippen molar-refractivity contribution in [2.45, 2.75) is 15.8 Å². The Morgan fingerprint density at radius 2 is 1.32 bits per heavy atom. The molecular formula is C23H20N2OS2. The topological polar surface area (TPSA) is 41.1 Å². The van der Waals surface area contributed by atoms with Crippen LogP contribution in [-0.2, 0) is 0 Å². The van der Waals surface area contributed by atoms with Gasteiger partial charge in [-0.3, -0.25) is 0 Å². The highest BCUT2D eigenvalue weighted by Gasteiger charge is 2.28. The quantitative estimate of drug-likeness (QED) is 0.524. The maximum Gasteiger partial charge on any atom is 0.319 e. The van der Waals surface area contributed by atoms with Gasteiger partial charge in [0, 0.05) is 20.4 Å². The van der Waals surface area contributed by atoms with E-state index in [9.17, 15) is 4.79 Å². The number of carbonyl (C=O) groups is 1. The van der Waals surface area contributed by atoms with E-state index < -0.39 is 0 Å². The Morgan fingerprint density at radius 1 is 0.750 bits per heavy atom. The number of urea groups is 1. The van der Waals surface area contributed by atoms with E-state index in [2.05, 4.69) is 34.9 Å². The van der Waals surface area contributed by atoms with Gasteiger partial charge in [0.25, 0.3) is 0 Å². The van der Waals surface area contributed by atoms with Crippen molar-refractivity contribution < 1.29 is 4.79 Å². The first-order valence-corrected chi connectivity index (χ1v) is 10.9. The smallest absolute Gasteiger partial charge is 0.319 e. The lowest BCUT2D eigenvalue weighted by Gasteiger charge is -2.30. The van der Waals surface area contributed by atoms with Crippen LogP contribution in [0.5, 0.6) is 0 Å². The molecule has 3 aromatic carbocycles. The molecule has 0 saturated heterocycles. The summed E-state index contributed by atoms with van der Waals surface area (Å²) in [7, 11) is 0. The van der Waals surface area contributed by atoms with Gasteiger partial charge in [-0.05, 0) is 29.8 Å². The molecule has 1 unspecified atom stereocenters. The van der Waals surface area contributed by atoms with Gasteiger partial charge in [-0.2, -0.15) is 0 Å². The second-order valence-corrected chi connectivity index (χ2v) is 8.50. The molecular weight excluding hydrogens is 384 g/mol. The molecule has 1 aliphatic heterocycles. The molecule has 5 heteroatoms. The predicted molar refractivity (Wildman–Crippen MR) is 118 cm³/mol. The zero-order valence-electron chi connectivity index (χ0n) is 15.2. The van der Waals surface area contributed by atoms with E-state index in [1.54, 1.807) is 23.5 Å². The normalized spacial score (nSPS) is 16.4. The third-order valence-electron chi connectivity index (χ3n) is 4.30. The van der Waals surface area contributed by atoms with Crippen LogP contribution in [0.2, 0.25) is 0 Å².